The Bertz CT molecular complexity index is 442. The summed E-state index contributed by atoms with van der Waals surface area (Å²) in [5.74, 6) is -0.534. The van der Waals surface area contributed by atoms with Gasteiger partial charge in [0.05, 0.1) is 4.92 Å². The van der Waals surface area contributed by atoms with Crippen LogP contribution in [0.25, 0.3) is 0 Å². The molecule has 0 saturated carbocycles. The summed E-state index contributed by atoms with van der Waals surface area (Å²) in [5.41, 5.74) is 0.488. The van der Waals surface area contributed by atoms with Crippen molar-refractivity contribution in [2.45, 2.75) is 6.92 Å². The van der Waals surface area contributed by atoms with Gasteiger partial charge in [-0.05, 0) is 13.0 Å². The molecule has 0 bridgehead atoms. The molecular formula is C10H8NNaO4. The molecule has 16 heavy (non-hydrogen) atoms. The topological polar surface area (TPSA) is 83.3 Å². The molecule has 0 aliphatic carbocycles. The molecule has 0 unspecified atom stereocenters. The van der Waals surface area contributed by atoms with Crippen molar-refractivity contribution in [1.29, 1.82) is 0 Å². The van der Waals surface area contributed by atoms with E-state index in [-0.39, 0.29) is 40.8 Å². The minimum absolute atomic E-state index is 0. The maximum Gasteiger partial charge on any atom is 1.00 e. The first-order chi connectivity index (χ1) is 7.06. The molecule has 78 valence electrons. The van der Waals surface area contributed by atoms with Gasteiger partial charge in [-0.15, -0.1) is 6.26 Å². The summed E-state index contributed by atoms with van der Waals surface area (Å²) in [7, 11) is 0. The van der Waals surface area contributed by atoms with Gasteiger partial charge in [-0.2, -0.15) is 0 Å². The Hall–Kier alpha value is -1.17. The van der Waals surface area contributed by atoms with Crippen molar-refractivity contribution >= 4 is 11.5 Å². The second kappa shape index (κ2) is 6.42. The van der Waals surface area contributed by atoms with E-state index in [0.29, 0.717) is 11.8 Å². The standard InChI is InChI=1S/C10H9NO4.Na/c1-7-2-3-8(10(13)4-5-12)6-9(7)11(14)15;/h2-6,12H,1H3;/q;+1/p-1. The second-order valence-electron chi connectivity index (χ2n) is 2.93. The third-order valence-electron chi connectivity index (χ3n) is 1.91. The zero-order chi connectivity index (χ0) is 11.4. The van der Waals surface area contributed by atoms with Crippen LogP contribution in [-0.2, 0) is 0 Å². The van der Waals surface area contributed by atoms with E-state index in [0.717, 1.165) is 12.1 Å². The first-order valence-electron chi connectivity index (χ1n) is 4.14. The molecule has 0 fully saturated rings. The van der Waals surface area contributed by atoms with Crippen molar-refractivity contribution in [2.75, 3.05) is 0 Å². The predicted octanol–water partition coefficient (Wildman–Crippen LogP) is -2.04. The van der Waals surface area contributed by atoms with Gasteiger partial charge in [0.1, 0.15) is 0 Å². The monoisotopic (exact) mass is 229 g/mol. The molecule has 0 aliphatic rings. The van der Waals surface area contributed by atoms with E-state index in [1.54, 1.807) is 6.92 Å². The molecule has 5 nitrogen and oxygen atoms in total. The summed E-state index contributed by atoms with van der Waals surface area (Å²) in [6, 6.07) is 4.09. The Morgan fingerprint density at radius 3 is 2.56 bits per heavy atom. The van der Waals surface area contributed by atoms with Gasteiger partial charge >= 0.3 is 29.6 Å². The summed E-state index contributed by atoms with van der Waals surface area (Å²) in [5, 5.41) is 20.6. The Morgan fingerprint density at radius 1 is 1.44 bits per heavy atom. The molecule has 1 rings (SSSR count). The third-order valence-corrected chi connectivity index (χ3v) is 1.91. The van der Waals surface area contributed by atoms with Crippen molar-refractivity contribution in [3.05, 3.63) is 51.8 Å². The largest absolute Gasteiger partial charge is 1.00 e. The minimum Gasteiger partial charge on any atom is -0.878 e. The molecule has 6 heteroatoms. The molecule has 0 aromatic heterocycles. The fourth-order valence-electron chi connectivity index (χ4n) is 1.12. The second-order valence-corrected chi connectivity index (χ2v) is 2.93. The molecule has 1 aromatic carbocycles. The van der Waals surface area contributed by atoms with Crippen LogP contribution in [0.1, 0.15) is 15.9 Å². The van der Waals surface area contributed by atoms with Crippen molar-refractivity contribution in [2.24, 2.45) is 0 Å². The van der Waals surface area contributed by atoms with Crippen molar-refractivity contribution in [3.8, 4) is 0 Å². The number of rotatable bonds is 3. The number of carbonyl (C=O) groups excluding carboxylic acids is 1. The number of benzene rings is 1. The number of carbonyl (C=O) groups is 1. The fourth-order valence-corrected chi connectivity index (χ4v) is 1.12. The van der Waals surface area contributed by atoms with Crippen LogP contribution in [0, 0.1) is 17.0 Å². The van der Waals surface area contributed by atoms with E-state index < -0.39 is 10.7 Å². The first-order valence-corrected chi connectivity index (χ1v) is 4.14. The zero-order valence-corrected chi connectivity index (χ0v) is 11.0. The first kappa shape index (κ1) is 14.8. The smallest absolute Gasteiger partial charge is 0.878 e. The number of nitro groups is 1. The van der Waals surface area contributed by atoms with Gasteiger partial charge in [-0.1, -0.05) is 12.1 Å². The summed E-state index contributed by atoms with van der Waals surface area (Å²) < 4.78 is 0. The predicted molar refractivity (Wildman–Crippen MR) is 51.3 cm³/mol. The molecule has 0 heterocycles. The summed E-state index contributed by atoms with van der Waals surface area (Å²) in [4.78, 5) is 21.2. The van der Waals surface area contributed by atoms with E-state index in [1.807, 2.05) is 0 Å². The molecule has 0 saturated heterocycles. The van der Waals surface area contributed by atoms with Gasteiger partial charge in [-0.3, -0.25) is 14.9 Å². The number of aryl methyl sites for hydroxylation is 1. The SMILES string of the molecule is Cc1ccc(C(=O)C=C[O-])cc1[N+](=O)[O-].[Na+]. The van der Waals surface area contributed by atoms with Gasteiger partial charge in [0.2, 0.25) is 0 Å². The Balaban J connectivity index is 0.00000225. The van der Waals surface area contributed by atoms with Crippen LogP contribution in [0.2, 0.25) is 0 Å². The summed E-state index contributed by atoms with van der Waals surface area (Å²) in [6.07, 6.45) is 1.18. The molecule has 0 spiro atoms. The van der Waals surface area contributed by atoms with E-state index in [2.05, 4.69) is 0 Å². The average molecular weight is 229 g/mol. The van der Waals surface area contributed by atoms with Crippen molar-refractivity contribution in [3.63, 3.8) is 0 Å². The number of allylic oxidation sites excluding steroid dienone is 1. The molecular weight excluding hydrogens is 221 g/mol. The van der Waals surface area contributed by atoms with Crippen LogP contribution >= 0.6 is 0 Å². The van der Waals surface area contributed by atoms with E-state index in [4.69, 9.17) is 0 Å². The number of hydrogen-bond donors (Lipinski definition) is 0. The van der Waals surface area contributed by atoms with Gasteiger partial charge in [0.25, 0.3) is 5.69 Å². The fraction of sp³-hybridized carbons (Fsp3) is 0.100. The molecule has 0 radical (unpaired) electrons. The third kappa shape index (κ3) is 3.44. The van der Waals surface area contributed by atoms with Gasteiger partial charge in [0.15, 0.2) is 5.78 Å². The van der Waals surface area contributed by atoms with E-state index >= 15 is 0 Å². The van der Waals surface area contributed by atoms with Crippen LogP contribution < -0.4 is 34.7 Å². The van der Waals surface area contributed by atoms with Crippen molar-refractivity contribution < 1.29 is 44.4 Å². The molecule has 0 atom stereocenters. The number of ketones is 1. The Labute approximate surface area is 114 Å². The van der Waals surface area contributed by atoms with Gasteiger partial charge in [-0.25, -0.2) is 0 Å². The zero-order valence-electron chi connectivity index (χ0n) is 8.97. The number of nitro benzene ring substituents is 1. The number of nitrogens with zero attached hydrogens (tertiary/aromatic N) is 1. The molecule has 1 aromatic rings. The quantitative estimate of drug-likeness (QED) is 0.149. The normalized spacial score (nSPS) is 9.81. The number of hydrogen-bond acceptors (Lipinski definition) is 4. The van der Waals surface area contributed by atoms with Crippen LogP contribution in [0.5, 0.6) is 0 Å². The minimum atomic E-state index is -0.562. The Kier molecular flexibility index (Phi) is 5.95. The van der Waals surface area contributed by atoms with Crippen molar-refractivity contribution in [1.82, 2.24) is 0 Å². The average Bonchev–Trinajstić information content (AvgIpc) is 2.18. The van der Waals surface area contributed by atoms with Crippen LogP contribution in [0.15, 0.2) is 30.5 Å². The van der Waals surface area contributed by atoms with E-state index in [1.165, 1.54) is 12.1 Å². The summed E-state index contributed by atoms with van der Waals surface area (Å²) >= 11 is 0. The van der Waals surface area contributed by atoms with Crippen LogP contribution in [0.4, 0.5) is 5.69 Å². The molecule has 0 N–H and O–H groups in total. The molecule has 0 amide bonds. The maximum atomic E-state index is 11.2. The van der Waals surface area contributed by atoms with Crippen LogP contribution in [-0.4, -0.2) is 10.7 Å². The summed E-state index contributed by atoms with van der Waals surface area (Å²) in [6.45, 7) is 1.58. The van der Waals surface area contributed by atoms with Gasteiger partial charge in [0, 0.05) is 17.2 Å². The molecule has 0 aliphatic heterocycles. The maximum absolute atomic E-state index is 11.2. The van der Waals surface area contributed by atoms with E-state index in [9.17, 15) is 20.0 Å². The Morgan fingerprint density at radius 2 is 2.06 bits per heavy atom. The van der Waals surface area contributed by atoms with Gasteiger partial charge < -0.3 is 5.11 Å². The van der Waals surface area contributed by atoms with Crippen LogP contribution in [0.3, 0.4) is 0 Å².